The van der Waals surface area contributed by atoms with Gasteiger partial charge >= 0.3 is 0 Å². The van der Waals surface area contributed by atoms with Gasteiger partial charge in [0, 0.05) is 24.5 Å². The molecule has 0 aromatic heterocycles. The van der Waals surface area contributed by atoms with Crippen molar-refractivity contribution in [3.63, 3.8) is 0 Å². The van der Waals surface area contributed by atoms with E-state index >= 15 is 0 Å². The molecule has 1 N–H and O–H groups in total. The molecule has 0 unspecified atom stereocenters. The van der Waals surface area contributed by atoms with E-state index in [9.17, 15) is 14.0 Å². The number of nitrogens with one attached hydrogen (secondary N) is 1. The van der Waals surface area contributed by atoms with E-state index in [2.05, 4.69) is 5.32 Å². The van der Waals surface area contributed by atoms with Crippen LogP contribution in [0.4, 0.5) is 4.39 Å². The number of carbonyl (C=O) groups excluding carboxylic acids is 2. The lowest BCUT2D eigenvalue weighted by Gasteiger charge is -2.29. The molecule has 4 nitrogen and oxygen atoms in total. The zero-order valence-corrected chi connectivity index (χ0v) is 12.1. The Labute approximate surface area is 121 Å². The third kappa shape index (κ3) is 3.10. The van der Waals surface area contributed by atoms with Gasteiger partial charge in [-0.15, -0.1) is 0 Å². The van der Waals surface area contributed by atoms with Gasteiger partial charge in [0.05, 0.1) is 0 Å². The highest BCUT2D eigenvalue weighted by Crippen LogP contribution is 2.22. The fraction of sp³-hybridized carbons (Fsp3) is 0.429. The van der Waals surface area contributed by atoms with Gasteiger partial charge in [0.2, 0.25) is 11.8 Å². The van der Waals surface area contributed by atoms with Gasteiger partial charge < -0.3 is 10.2 Å². The Balaban J connectivity index is 2.23. The van der Waals surface area contributed by atoms with E-state index < -0.39 is 11.4 Å². The summed E-state index contributed by atoms with van der Waals surface area (Å²) in [4.78, 5) is 25.5. The molecule has 1 aliphatic heterocycles. The molecule has 1 saturated heterocycles. The van der Waals surface area contributed by atoms with Crippen molar-refractivity contribution < 1.29 is 14.0 Å². The zero-order valence-electron chi connectivity index (χ0n) is 11.4. The van der Waals surface area contributed by atoms with E-state index in [-0.39, 0.29) is 29.8 Å². The lowest BCUT2D eigenvalue weighted by molar-refractivity contribution is -0.137. The summed E-state index contributed by atoms with van der Waals surface area (Å²) in [7, 11) is 0. The number of rotatable bonds is 2. The first-order valence-electron chi connectivity index (χ1n) is 6.34. The van der Waals surface area contributed by atoms with E-state index in [0.29, 0.717) is 12.1 Å². The Hall–Kier alpha value is -1.62. The fourth-order valence-corrected chi connectivity index (χ4v) is 2.43. The molecule has 0 bridgehead atoms. The van der Waals surface area contributed by atoms with Crippen LogP contribution in [0.15, 0.2) is 18.2 Å². The first-order valence-corrected chi connectivity index (χ1v) is 6.72. The predicted octanol–water partition coefficient (Wildman–Crippen LogP) is 2.11. The average Bonchev–Trinajstić information content (AvgIpc) is 2.43. The van der Waals surface area contributed by atoms with Gasteiger partial charge in [-0.25, -0.2) is 4.39 Å². The third-order valence-corrected chi connectivity index (χ3v) is 3.61. The number of carbonyl (C=O) groups is 2. The van der Waals surface area contributed by atoms with Gasteiger partial charge in [-0.2, -0.15) is 0 Å². The zero-order chi connectivity index (χ0) is 14.9. The maximum atomic E-state index is 13.0. The summed E-state index contributed by atoms with van der Waals surface area (Å²) in [6.07, 6.45) is 0.244. The summed E-state index contributed by atoms with van der Waals surface area (Å²) >= 11 is 5.98. The maximum absolute atomic E-state index is 13.0. The Morgan fingerprint density at radius 1 is 1.40 bits per heavy atom. The second-order valence-corrected chi connectivity index (χ2v) is 5.79. The van der Waals surface area contributed by atoms with Gasteiger partial charge in [-0.3, -0.25) is 9.59 Å². The van der Waals surface area contributed by atoms with Crippen molar-refractivity contribution >= 4 is 23.4 Å². The molecule has 20 heavy (non-hydrogen) atoms. The number of amides is 2. The molecular weight excluding hydrogens is 283 g/mol. The van der Waals surface area contributed by atoms with Crippen molar-refractivity contribution in [2.24, 2.45) is 0 Å². The van der Waals surface area contributed by atoms with Gasteiger partial charge in [-0.05, 0) is 31.5 Å². The second-order valence-electron chi connectivity index (χ2n) is 5.39. The molecule has 2 rings (SSSR count). The van der Waals surface area contributed by atoms with Crippen LogP contribution in [0.5, 0.6) is 0 Å². The molecule has 108 valence electrons. The van der Waals surface area contributed by atoms with Crippen molar-refractivity contribution in [2.75, 3.05) is 6.54 Å². The minimum Gasteiger partial charge on any atom is -0.342 e. The Morgan fingerprint density at radius 3 is 2.75 bits per heavy atom. The lowest BCUT2D eigenvalue weighted by atomic mass is 10.0. The number of benzene rings is 1. The summed E-state index contributed by atoms with van der Waals surface area (Å²) in [6, 6.07) is 4.07. The molecule has 1 aromatic carbocycles. The molecule has 0 aliphatic carbocycles. The van der Waals surface area contributed by atoms with Gasteiger partial charge in [0.1, 0.15) is 11.4 Å². The van der Waals surface area contributed by atoms with Gasteiger partial charge in [-0.1, -0.05) is 17.7 Å². The monoisotopic (exact) mass is 298 g/mol. The molecule has 1 aliphatic rings. The topological polar surface area (TPSA) is 49.4 Å². The lowest BCUT2D eigenvalue weighted by Crippen LogP contribution is -2.52. The largest absolute Gasteiger partial charge is 0.342 e. The number of hydrogen-bond acceptors (Lipinski definition) is 2. The van der Waals surface area contributed by atoms with Gasteiger partial charge in [0.25, 0.3) is 0 Å². The second kappa shape index (κ2) is 5.40. The summed E-state index contributed by atoms with van der Waals surface area (Å²) in [5.74, 6) is -0.752. The predicted molar refractivity (Wildman–Crippen MR) is 73.7 cm³/mol. The molecular formula is C14H16ClFN2O2. The molecule has 0 atom stereocenters. The standard InChI is InChI=1S/C14H16ClFN2O2/c1-14(2)13(20)18(6-5-12(19)17-14)8-9-3-4-10(16)7-11(9)15/h3-4,7H,5-6,8H2,1-2H3,(H,17,19). The highest BCUT2D eigenvalue weighted by molar-refractivity contribution is 6.31. The normalized spacial score (nSPS) is 18.7. The smallest absolute Gasteiger partial charge is 0.248 e. The summed E-state index contributed by atoms with van der Waals surface area (Å²) in [5.41, 5.74) is -0.285. The van der Waals surface area contributed by atoms with E-state index in [1.807, 2.05) is 0 Å². The fourth-order valence-electron chi connectivity index (χ4n) is 2.20. The highest BCUT2D eigenvalue weighted by Gasteiger charge is 2.36. The Bertz CT molecular complexity index is 560. The summed E-state index contributed by atoms with van der Waals surface area (Å²) in [5, 5.41) is 2.96. The molecule has 1 heterocycles. The Kier molecular flexibility index (Phi) is 3.99. The molecule has 6 heteroatoms. The van der Waals surface area contributed by atoms with Crippen LogP contribution in [0.1, 0.15) is 25.8 Å². The minimum atomic E-state index is -0.944. The molecule has 1 fully saturated rings. The van der Waals surface area contributed by atoms with Crippen molar-refractivity contribution in [3.05, 3.63) is 34.6 Å². The van der Waals surface area contributed by atoms with Crippen LogP contribution in [0, 0.1) is 5.82 Å². The van der Waals surface area contributed by atoms with Crippen molar-refractivity contribution in [3.8, 4) is 0 Å². The maximum Gasteiger partial charge on any atom is 0.248 e. The minimum absolute atomic E-state index is 0.156. The van der Waals surface area contributed by atoms with Crippen molar-refractivity contribution in [1.82, 2.24) is 10.2 Å². The van der Waals surface area contributed by atoms with E-state index in [4.69, 9.17) is 11.6 Å². The van der Waals surface area contributed by atoms with E-state index in [1.165, 1.54) is 12.1 Å². The van der Waals surface area contributed by atoms with Crippen LogP contribution in [0.2, 0.25) is 5.02 Å². The SMILES string of the molecule is CC1(C)NC(=O)CCN(Cc2ccc(F)cc2Cl)C1=O. The molecule has 0 saturated carbocycles. The van der Waals surface area contributed by atoms with E-state index in [1.54, 1.807) is 24.8 Å². The number of halogens is 2. The van der Waals surface area contributed by atoms with Crippen LogP contribution in [-0.2, 0) is 16.1 Å². The average molecular weight is 299 g/mol. The quantitative estimate of drug-likeness (QED) is 0.909. The van der Waals surface area contributed by atoms with Crippen LogP contribution >= 0.6 is 11.6 Å². The van der Waals surface area contributed by atoms with Crippen LogP contribution in [0.25, 0.3) is 0 Å². The Morgan fingerprint density at radius 2 is 2.10 bits per heavy atom. The summed E-state index contributed by atoms with van der Waals surface area (Å²) < 4.78 is 13.0. The first kappa shape index (κ1) is 14.8. The number of hydrogen-bond donors (Lipinski definition) is 1. The van der Waals surface area contributed by atoms with Gasteiger partial charge in [0.15, 0.2) is 0 Å². The van der Waals surface area contributed by atoms with E-state index in [0.717, 1.165) is 0 Å². The molecule has 2 amide bonds. The first-order chi connectivity index (χ1) is 9.29. The van der Waals surface area contributed by atoms with Crippen LogP contribution in [0.3, 0.4) is 0 Å². The molecule has 1 aromatic rings. The third-order valence-electron chi connectivity index (χ3n) is 3.26. The molecule has 0 radical (unpaired) electrons. The molecule has 0 spiro atoms. The summed E-state index contributed by atoms with van der Waals surface area (Å²) in [6.45, 7) is 3.91. The number of nitrogens with zero attached hydrogens (tertiary/aromatic N) is 1. The van der Waals surface area contributed by atoms with Crippen molar-refractivity contribution in [2.45, 2.75) is 32.4 Å². The highest BCUT2D eigenvalue weighted by atomic mass is 35.5. The van der Waals surface area contributed by atoms with Crippen molar-refractivity contribution in [1.29, 1.82) is 0 Å². The van der Waals surface area contributed by atoms with Crippen LogP contribution < -0.4 is 5.32 Å². The van der Waals surface area contributed by atoms with Crippen LogP contribution in [-0.4, -0.2) is 28.8 Å².